The summed E-state index contributed by atoms with van der Waals surface area (Å²) in [5.41, 5.74) is 8.11. The van der Waals surface area contributed by atoms with Crippen molar-refractivity contribution < 1.29 is 23.4 Å². The van der Waals surface area contributed by atoms with Gasteiger partial charge in [-0.15, -0.1) is 0 Å². The van der Waals surface area contributed by atoms with Gasteiger partial charge in [-0.25, -0.2) is 4.98 Å². The molecule has 7 rings (SSSR count). The van der Waals surface area contributed by atoms with Crippen molar-refractivity contribution in [3.63, 3.8) is 0 Å². The fourth-order valence-electron chi connectivity index (χ4n) is 7.19. The van der Waals surface area contributed by atoms with E-state index in [0.717, 1.165) is 134 Å². The van der Waals surface area contributed by atoms with Crippen LogP contribution in [0.5, 0.6) is 11.5 Å². The zero-order valence-electron chi connectivity index (χ0n) is 31.9. The van der Waals surface area contributed by atoms with Crippen LogP contribution in [0.25, 0.3) is 22.6 Å². The van der Waals surface area contributed by atoms with E-state index in [1.165, 1.54) is 16.7 Å². The quantitative estimate of drug-likeness (QED) is 0.105. The second-order valence-electron chi connectivity index (χ2n) is 14.7. The Morgan fingerprint density at radius 1 is 0.704 bits per heavy atom. The van der Waals surface area contributed by atoms with E-state index in [1.807, 2.05) is 42.5 Å². The Kier molecular flexibility index (Phi) is 14.2. The standard InChI is InChI=1S/C44H57N5O5/c1-34-28-37(8-9-39(34)33-49-20-26-51-27-21-49)31-46-17-2-22-52-40-12-10-38(11-13-40)44-47-42-15-14-41(29-43(42)54-44)53-23-3-16-45-30-35-4-6-36(7-5-35)32-48-18-24-50-25-19-48/h4-15,29,34,45-46H,2-3,16-28,30-33H2,1H3. The molecule has 2 saturated heterocycles. The molecule has 0 radical (unpaired) electrons. The first-order valence-corrected chi connectivity index (χ1v) is 19.9. The number of rotatable bonds is 19. The molecule has 0 amide bonds. The van der Waals surface area contributed by atoms with Crippen molar-refractivity contribution in [3.05, 3.63) is 101 Å². The van der Waals surface area contributed by atoms with Crippen molar-refractivity contribution in [2.75, 3.05) is 92.0 Å². The first-order valence-electron chi connectivity index (χ1n) is 19.9. The number of oxazole rings is 1. The minimum atomic E-state index is 0.589. The second-order valence-corrected chi connectivity index (χ2v) is 14.7. The molecule has 0 spiro atoms. The zero-order valence-corrected chi connectivity index (χ0v) is 31.9. The van der Waals surface area contributed by atoms with Crippen LogP contribution in [0, 0.1) is 5.92 Å². The molecule has 4 aromatic rings. The lowest BCUT2D eigenvalue weighted by atomic mass is 9.88. The van der Waals surface area contributed by atoms with E-state index < -0.39 is 0 Å². The normalized spacial score (nSPS) is 18.4. The highest BCUT2D eigenvalue weighted by Crippen LogP contribution is 2.29. The van der Waals surface area contributed by atoms with Crippen molar-refractivity contribution >= 4 is 11.1 Å². The topological polar surface area (TPSA) is 93.5 Å². The number of fused-ring (bicyclic) bond motifs is 1. The van der Waals surface area contributed by atoms with Crippen LogP contribution in [0.15, 0.2) is 94.4 Å². The van der Waals surface area contributed by atoms with E-state index in [-0.39, 0.29) is 0 Å². The molecule has 0 bridgehead atoms. The smallest absolute Gasteiger partial charge is 0.227 e. The van der Waals surface area contributed by atoms with Gasteiger partial charge in [0.15, 0.2) is 5.58 Å². The summed E-state index contributed by atoms with van der Waals surface area (Å²) in [5.74, 6) is 2.82. The minimum absolute atomic E-state index is 0.589. The molecule has 3 aromatic carbocycles. The van der Waals surface area contributed by atoms with Gasteiger partial charge >= 0.3 is 0 Å². The van der Waals surface area contributed by atoms with E-state index in [4.69, 9.17) is 28.3 Å². The molecule has 2 fully saturated rings. The molecule has 54 heavy (non-hydrogen) atoms. The van der Waals surface area contributed by atoms with Crippen LogP contribution in [0.1, 0.15) is 37.3 Å². The van der Waals surface area contributed by atoms with Gasteiger partial charge in [0, 0.05) is 64.0 Å². The summed E-state index contributed by atoms with van der Waals surface area (Å²) in [4.78, 5) is 9.66. The third-order valence-corrected chi connectivity index (χ3v) is 10.5. The average molecular weight is 736 g/mol. The summed E-state index contributed by atoms with van der Waals surface area (Å²) >= 11 is 0. The highest BCUT2D eigenvalue weighted by molar-refractivity contribution is 5.77. The Bertz CT molecular complexity index is 1790. The molecule has 3 aliphatic rings. The lowest BCUT2D eigenvalue weighted by Gasteiger charge is -2.31. The van der Waals surface area contributed by atoms with Gasteiger partial charge in [-0.05, 0) is 85.8 Å². The highest BCUT2D eigenvalue weighted by atomic mass is 16.5. The van der Waals surface area contributed by atoms with Crippen molar-refractivity contribution in [1.82, 2.24) is 25.4 Å². The van der Waals surface area contributed by atoms with Crippen LogP contribution >= 0.6 is 0 Å². The van der Waals surface area contributed by atoms with Gasteiger partial charge in [0.05, 0.1) is 39.6 Å². The fraction of sp³-hybridized carbons (Fsp3) is 0.477. The van der Waals surface area contributed by atoms with Crippen molar-refractivity contribution in [1.29, 1.82) is 0 Å². The maximum Gasteiger partial charge on any atom is 0.227 e. The molecule has 1 aliphatic carbocycles. The molecule has 2 N–H and O–H groups in total. The van der Waals surface area contributed by atoms with Crippen molar-refractivity contribution in [3.8, 4) is 23.0 Å². The van der Waals surface area contributed by atoms with E-state index in [9.17, 15) is 0 Å². The molecular formula is C44H57N5O5. The second kappa shape index (κ2) is 20.0. The lowest BCUT2D eigenvalue weighted by molar-refractivity contribution is 0.0342. The SMILES string of the molecule is CC1CC(CNCCCOc2ccc(-c3nc4ccc(OCCCNCc5ccc(CN6CCOCC6)cc5)cc4o3)cc2)=CC=C1CN1CCOCC1. The monoisotopic (exact) mass is 735 g/mol. The Hall–Kier alpha value is -4.03. The molecule has 0 saturated carbocycles. The summed E-state index contributed by atoms with van der Waals surface area (Å²) < 4.78 is 29.1. The average Bonchev–Trinajstić information content (AvgIpc) is 3.64. The first-order chi connectivity index (χ1) is 26.6. The Morgan fingerprint density at radius 2 is 1.33 bits per heavy atom. The predicted molar refractivity (Wildman–Crippen MR) is 214 cm³/mol. The fourth-order valence-corrected chi connectivity index (χ4v) is 7.19. The van der Waals surface area contributed by atoms with Crippen LogP contribution in [0.2, 0.25) is 0 Å². The Labute approximate surface area is 320 Å². The van der Waals surface area contributed by atoms with Gasteiger partial charge in [-0.1, -0.05) is 54.5 Å². The number of nitrogens with one attached hydrogen (secondary N) is 2. The number of nitrogens with zero attached hydrogens (tertiary/aromatic N) is 3. The third-order valence-electron chi connectivity index (χ3n) is 10.5. The zero-order chi connectivity index (χ0) is 36.8. The van der Waals surface area contributed by atoms with Crippen molar-refractivity contribution in [2.24, 2.45) is 5.92 Å². The largest absolute Gasteiger partial charge is 0.494 e. The highest BCUT2D eigenvalue weighted by Gasteiger charge is 2.19. The summed E-state index contributed by atoms with van der Waals surface area (Å²) in [6.45, 7) is 16.8. The van der Waals surface area contributed by atoms with Gasteiger partial charge in [0.25, 0.3) is 0 Å². The summed E-state index contributed by atoms with van der Waals surface area (Å²) in [6.07, 6.45) is 7.65. The van der Waals surface area contributed by atoms with E-state index in [2.05, 4.69) is 63.8 Å². The maximum absolute atomic E-state index is 6.13. The van der Waals surface area contributed by atoms with Gasteiger partial charge in [0.2, 0.25) is 5.89 Å². The molecule has 1 unspecified atom stereocenters. The van der Waals surface area contributed by atoms with E-state index >= 15 is 0 Å². The third kappa shape index (κ3) is 11.5. The predicted octanol–water partition coefficient (Wildman–Crippen LogP) is 6.47. The summed E-state index contributed by atoms with van der Waals surface area (Å²) in [6, 6.07) is 22.7. The number of ether oxygens (including phenoxy) is 4. The number of benzene rings is 3. The van der Waals surface area contributed by atoms with Gasteiger partial charge in [-0.2, -0.15) is 0 Å². The lowest BCUT2D eigenvalue weighted by Crippen LogP contribution is -2.38. The first kappa shape index (κ1) is 38.3. The number of hydrogen-bond donors (Lipinski definition) is 2. The molecule has 10 nitrogen and oxygen atoms in total. The van der Waals surface area contributed by atoms with Crippen LogP contribution in [-0.4, -0.2) is 107 Å². The summed E-state index contributed by atoms with van der Waals surface area (Å²) in [7, 11) is 0. The minimum Gasteiger partial charge on any atom is -0.494 e. The van der Waals surface area contributed by atoms with Crippen molar-refractivity contribution in [2.45, 2.75) is 39.3 Å². The molecule has 2 aliphatic heterocycles. The molecule has 10 heteroatoms. The van der Waals surface area contributed by atoms with Crippen LogP contribution in [0.4, 0.5) is 0 Å². The number of hydrogen-bond acceptors (Lipinski definition) is 10. The van der Waals surface area contributed by atoms with Gasteiger partial charge < -0.3 is 34.0 Å². The van der Waals surface area contributed by atoms with Gasteiger partial charge in [-0.3, -0.25) is 9.80 Å². The van der Waals surface area contributed by atoms with Gasteiger partial charge in [0.1, 0.15) is 17.0 Å². The molecule has 3 heterocycles. The number of morpholine rings is 2. The van der Waals surface area contributed by atoms with Crippen LogP contribution in [0.3, 0.4) is 0 Å². The van der Waals surface area contributed by atoms with E-state index in [0.29, 0.717) is 30.6 Å². The van der Waals surface area contributed by atoms with E-state index in [1.54, 1.807) is 5.57 Å². The molecular weight excluding hydrogens is 679 g/mol. The summed E-state index contributed by atoms with van der Waals surface area (Å²) in [5, 5.41) is 7.13. The molecule has 1 aromatic heterocycles. The maximum atomic E-state index is 6.13. The van der Waals surface area contributed by atoms with Crippen LogP contribution in [-0.2, 0) is 22.6 Å². The number of allylic oxidation sites excluding steroid dienone is 2. The number of aromatic nitrogens is 1. The van der Waals surface area contributed by atoms with Crippen LogP contribution < -0.4 is 20.1 Å². The Balaban J connectivity index is 0.765. The molecule has 1 atom stereocenters. The molecule has 288 valence electrons. The Morgan fingerprint density at radius 3 is 2.04 bits per heavy atom.